The SMILES string of the molecule is CC.Cc1ccc2nccc([C@H](O)C3[C@]45[CH-]C4CC[N+]35C)c2c1.[Rb+]. The molecule has 122 valence electrons. The molecule has 1 aromatic heterocycles. The number of rotatable bonds is 2. The molecule has 0 radical (unpaired) electrons. The first-order valence-electron chi connectivity index (χ1n) is 8.82. The molecule has 2 saturated heterocycles. The average Bonchev–Trinajstić information content (AvgIpc) is 3.39. The molecule has 1 saturated carbocycles. The van der Waals surface area contributed by atoms with Crippen LogP contribution in [0.2, 0.25) is 0 Å². The number of aliphatic hydroxyl groups excluding tert-OH is 1. The first-order chi connectivity index (χ1) is 11.1. The first kappa shape index (κ1) is 19.1. The van der Waals surface area contributed by atoms with E-state index in [0.717, 1.165) is 26.9 Å². The Morgan fingerprint density at radius 1 is 1.33 bits per heavy atom. The summed E-state index contributed by atoms with van der Waals surface area (Å²) in [6, 6.07) is 8.64. The van der Waals surface area contributed by atoms with E-state index >= 15 is 0 Å². The molecule has 3 aliphatic rings. The molecule has 0 amide bonds. The van der Waals surface area contributed by atoms with Crippen LogP contribution in [0.3, 0.4) is 0 Å². The first-order valence-corrected chi connectivity index (χ1v) is 8.82. The maximum absolute atomic E-state index is 11.0. The monoisotopic (exact) mass is 395 g/mol. The van der Waals surface area contributed by atoms with Crippen molar-refractivity contribution in [3.8, 4) is 0 Å². The van der Waals surface area contributed by atoms with Crippen molar-refractivity contribution in [2.75, 3.05) is 13.6 Å². The van der Waals surface area contributed by atoms with Crippen molar-refractivity contribution in [3.63, 3.8) is 0 Å². The second-order valence-corrected chi connectivity index (χ2v) is 7.25. The second kappa shape index (κ2) is 6.51. The number of aryl methyl sites for hydroxylation is 1. The van der Waals surface area contributed by atoms with Crippen molar-refractivity contribution < 1.29 is 67.8 Å². The number of aromatic nitrogens is 1. The van der Waals surface area contributed by atoms with Gasteiger partial charge >= 0.3 is 58.2 Å². The van der Waals surface area contributed by atoms with E-state index in [4.69, 9.17) is 0 Å². The predicted molar refractivity (Wildman–Crippen MR) is 92.8 cm³/mol. The number of piperidine rings is 2. The molecular formula is C20H26N2ORb+. The standard InChI is InChI=1S/C18H20N2O.C2H6.Rb/c1-11-3-4-15-14(9-11)13(5-7-19-15)16(21)17-18-10-12(18)6-8-20(17,18)2;1-2;/h3-5,7,9-10,12,16-17,21H,6,8H2,1-2H3;1-2H3;/q;;+1/t12?,16-,17?,18-,20?;;/m0../s1. The quantitative estimate of drug-likeness (QED) is 0.454. The number of pyridine rings is 1. The number of likely N-dealkylation sites (N-methyl/N-ethyl adjacent to an activating group) is 1. The van der Waals surface area contributed by atoms with Crippen LogP contribution in [0.25, 0.3) is 10.9 Å². The third kappa shape index (κ3) is 2.39. The predicted octanol–water partition coefficient (Wildman–Crippen LogP) is 0.412. The molecule has 3 nitrogen and oxygen atoms in total. The Hall–Kier alpha value is 0.355. The molecule has 3 fully saturated rings. The van der Waals surface area contributed by atoms with Gasteiger partial charge in [0, 0.05) is 17.1 Å². The zero-order valence-corrected chi connectivity index (χ0v) is 20.4. The van der Waals surface area contributed by atoms with Crippen LogP contribution in [0.1, 0.15) is 37.5 Å². The fourth-order valence-corrected chi connectivity index (χ4v) is 5.15. The van der Waals surface area contributed by atoms with Crippen LogP contribution < -0.4 is 58.2 Å². The summed E-state index contributed by atoms with van der Waals surface area (Å²) in [5.74, 6) is 0.747. The van der Waals surface area contributed by atoms with Gasteiger partial charge in [-0.25, -0.2) is 0 Å². The van der Waals surface area contributed by atoms with Gasteiger partial charge in [0.1, 0.15) is 12.1 Å². The van der Waals surface area contributed by atoms with Gasteiger partial charge in [0.15, 0.2) is 0 Å². The van der Waals surface area contributed by atoms with Crippen LogP contribution in [0.5, 0.6) is 0 Å². The number of benzene rings is 1. The largest absolute Gasteiger partial charge is 1.00 e. The summed E-state index contributed by atoms with van der Waals surface area (Å²) in [6.07, 6.45) is 5.22. The summed E-state index contributed by atoms with van der Waals surface area (Å²) in [7, 11) is 2.31. The van der Waals surface area contributed by atoms with E-state index in [1.54, 1.807) is 0 Å². The van der Waals surface area contributed by atoms with Gasteiger partial charge in [-0.3, -0.25) is 11.4 Å². The smallest absolute Gasteiger partial charge is 0.382 e. The molecule has 0 bridgehead atoms. The molecule has 3 heterocycles. The second-order valence-electron chi connectivity index (χ2n) is 7.25. The van der Waals surface area contributed by atoms with Crippen molar-refractivity contribution in [1.29, 1.82) is 0 Å². The number of hydrogen-bond donors (Lipinski definition) is 1. The molecule has 2 aliphatic heterocycles. The third-order valence-corrected chi connectivity index (χ3v) is 6.31. The summed E-state index contributed by atoms with van der Waals surface area (Å²) < 4.78 is 1.05. The Morgan fingerprint density at radius 3 is 2.71 bits per heavy atom. The molecular weight excluding hydrogens is 370 g/mol. The summed E-state index contributed by atoms with van der Waals surface area (Å²) >= 11 is 0. The van der Waals surface area contributed by atoms with Crippen LogP contribution in [0.15, 0.2) is 30.5 Å². The zero-order valence-electron chi connectivity index (χ0n) is 15.5. The van der Waals surface area contributed by atoms with E-state index in [0.29, 0.717) is 11.6 Å². The van der Waals surface area contributed by atoms with E-state index in [1.807, 2.05) is 26.1 Å². The number of nitrogens with zero attached hydrogens (tertiary/aromatic N) is 2. The Labute approximate surface area is 193 Å². The summed E-state index contributed by atoms with van der Waals surface area (Å²) in [5, 5.41) is 12.2. The minimum atomic E-state index is -0.385. The average molecular weight is 396 g/mol. The normalized spacial score (nSPS) is 35.9. The Morgan fingerprint density at radius 2 is 2.08 bits per heavy atom. The number of aliphatic hydroxyl groups is 1. The minimum absolute atomic E-state index is 0. The van der Waals surface area contributed by atoms with Crippen LogP contribution in [-0.2, 0) is 0 Å². The maximum Gasteiger partial charge on any atom is 1.00 e. The van der Waals surface area contributed by atoms with Crippen molar-refractivity contribution in [3.05, 3.63) is 48.0 Å². The van der Waals surface area contributed by atoms with Crippen LogP contribution >= 0.6 is 0 Å². The van der Waals surface area contributed by atoms with Gasteiger partial charge in [-0.15, -0.1) is 5.92 Å². The van der Waals surface area contributed by atoms with Gasteiger partial charge in [-0.1, -0.05) is 25.5 Å². The summed E-state index contributed by atoms with van der Waals surface area (Å²) in [6.45, 7) is 7.31. The van der Waals surface area contributed by atoms with Gasteiger partial charge in [0.05, 0.1) is 19.1 Å². The number of fused-ring (bicyclic) bond motifs is 1. The van der Waals surface area contributed by atoms with Crippen molar-refractivity contribution in [1.82, 2.24) is 4.98 Å². The van der Waals surface area contributed by atoms with Crippen molar-refractivity contribution >= 4 is 10.9 Å². The number of quaternary nitrogens is 1. The molecule has 24 heavy (non-hydrogen) atoms. The Kier molecular flexibility index (Phi) is 5.18. The molecule has 5 atom stereocenters. The minimum Gasteiger partial charge on any atom is -0.382 e. The van der Waals surface area contributed by atoms with E-state index in [1.165, 1.54) is 18.5 Å². The fraction of sp³-hybridized carbons (Fsp3) is 0.500. The fourth-order valence-electron chi connectivity index (χ4n) is 5.15. The van der Waals surface area contributed by atoms with Gasteiger partial charge in [-0.2, -0.15) is 0 Å². The Balaban J connectivity index is 0.000000545. The van der Waals surface area contributed by atoms with Crippen LogP contribution in [0.4, 0.5) is 0 Å². The molecule has 5 rings (SSSR count). The third-order valence-electron chi connectivity index (χ3n) is 6.31. The van der Waals surface area contributed by atoms with Crippen LogP contribution in [-0.4, -0.2) is 39.7 Å². The molecule has 1 spiro atoms. The van der Waals surface area contributed by atoms with E-state index < -0.39 is 0 Å². The zero-order chi connectivity index (χ0) is 16.4. The summed E-state index contributed by atoms with van der Waals surface area (Å²) in [4.78, 5) is 4.44. The topological polar surface area (TPSA) is 33.1 Å². The Bertz CT molecular complexity index is 775. The van der Waals surface area contributed by atoms with Crippen molar-refractivity contribution in [2.24, 2.45) is 5.92 Å². The van der Waals surface area contributed by atoms with Gasteiger partial charge < -0.3 is 9.59 Å². The molecule has 3 unspecified atom stereocenters. The molecule has 1 aromatic carbocycles. The van der Waals surface area contributed by atoms with E-state index in [-0.39, 0.29) is 64.3 Å². The van der Waals surface area contributed by atoms with Gasteiger partial charge in [0.25, 0.3) is 0 Å². The van der Waals surface area contributed by atoms with E-state index in [9.17, 15) is 5.11 Å². The molecule has 4 heteroatoms. The maximum atomic E-state index is 11.0. The van der Waals surface area contributed by atoms with Gasteiger partial charge in [0.2, 0.25) is 0 Å². The van der Waals surface area contributed by atoms with Gasteiger partial charge in [-0.05, 0) is 37.1 Å². The summed E-state index contributed by atoms with van der Waals surface area (Å²) in [5.41, 5.74) is 3.55. The number of hydrogen-bond acceptors (Lipinski definition) is 2. The van der Waals surface area contributed by atoms with Crippen molar-refractivity contribution in [2.45, 2.75) is 44.9 Å². The molecule has 1 N–H and O–H groups in total. The van der Waals surface area contributed by atoms with Crippen LogP contribution in [0, 0.1) is 19.3 Å². The molecule has 2 aromatic rings. The molecule has 1 aliphatic carbocycles. The van der Waals surface area contributed by atoms with E-state index in [2.05, 4.69) is 43.6 Å².